The lowest BCUT2D eigenvalue weighted by molar-refractivity contribution is 0.310. The third kappa shape index (κ3) is 4.87. The van der Waals surface area contributed by atoms with E-state index in [1.165, 1.54) is 0 Å². The van der Waals surface area contributed by atoms with E-state index in [0.717, 1.165) is 60.3 Å². The van der Waals surface area contributed by atoms with Gasteiger partial charge in [0.05, 0.1) is 7.11 Å². The van der Waals surface area contributed by atoms with E-state index in [-0.39, 0.29) is 0 Å². The summed E-state index contributed by atoms with van der Waals surface area (Å²) < 4.78 is 5.51. The summed E-state index contributed by atoms with van der Waals surface area (Å²) in [5, 5.41) is 11.4. The quantitative estimate of drug-likeness (QED) is 0.572. The van der Waals surface area contributed by atoms with Crippen molar-refractivity contribution < 1.29 is 4.74 Å². The molecule has 0 spiro atoms. The van der Waals surface area contributed by atoms with Crippen molar-refractivity contribution in [2.75, 3.05) is 44.4 Å². The van der Waals surface area contributed by atoms with Crippen LogP contribution in [0.1, 0.15) is 11.3 Å². The van der Waals surface area contributed by atoms with Crippen LogP contribution in [0, 0.1) is 6.92 Å². The Labute approximate surface area is 159 Å². The molecule has 0 saturated carbocycles. The first kappa shape index (κ1) is 18.9. The second-order valence-corrected chi connectivity index (χ2v) is 6.39. The molecule has 0 amide bonds. The topological polar surface area (TPSA) is 100 Å². The Kier molecular flexibility index (Phi) is 6.10. The van der Waals surface area contributed by atoms with Crippen LogP contribution in [0.2, 0.25) is 0 Å². The second kappa shape index (κ2) is 8.70. The summed E-state index contributed by atoms with van der Waals surface area (Å²) in [6.07, 6.45) is 2.86. The number of hydrazine groups is 1. The van der Waals surface area contributed by atoms with Crippen molar-refractivity contribution in [3.63, 3.8) is 0 Å². The van der Waals surface area contributed by atoms with E-state index in [1.807, 2.05) is 32.2 Å². The molecule has 0 bridgehead atoms. The number of piperazine rings is 1. The fraction of sp³-hybridized carbons (Fsp3) is 0.368. The van der Waals surface area contributed by atoms with Crippen LogP contribution >= 0.6 is 0 Å². The maximum atomic E-state index is 6.05. The molecule has 8 nitrogen and oxygen atoms in total. The number of nitrogens with zero attached hydrogens (tertiary/aromatic N) is 3. The van der Waals surface area contributed by atoms with Crippen LogP contribution in [0.25, 0.3) is 0 Å². The normalized spacial score (nSPS) is 15.7. The highest BCUT2D eigenvalue weighted by molar-refractivity contribution is 5.59. The van der Waals surface area contributed by atoms with Crippen molar-refractivity contribution in [2.45, 2.75) is 13.3 Å². The number of hydrogen-bond donors (Lipinski definition) is 4. The highest BCUT2D eigenvalue weighted by Gasteiger charge is 2.11. The lowest BCUT2D eigenvalue weighted by Crippen LogP contribution is -2.45. The number of ether oxygens (including phenoxy) is 1. The highest BCUT2D eigenvalue weighted by atomic mass is 16.5. The van der Waals surface area contributed by atoms with Gasteiger partial charge in [-0.25, -0.2) is 10.8 Å². The lowest BCUT2D eigenvalue weighted by Gasteiger charge is -2.27. The largest absolute Gasteiger partial charge is 0.496 e. The number of methoxy groups -OCH3 is 1. The van der Waals surface area contributed by atoms with Gasteiger partial charge in [0, 0.05) is 49.8 Å². The van der Waals surface area contributed by atoms with Gasteiger partial charge in [0.2, 0.25) is 5.95 Å². The Bertz CT molecular complexity index is 822. The molecule has 1 aliphatic heterocycles. The minimum atomic E-state index is 0.554. The fourth-order valence-electron chi connectivity index (χ4n) is 2.98. The third-order valence-corrected chi connectivity index (χ3v) is 4.41. The predicted octanol–water partition coefficient (Wildman–Crippen LogP) is 1.78. The van der Waals surface area contributed by atoms with Crippen molar-refractivity contribution >= 4 is 17.5 Å². The van der Waals surface area contributed by atoms with Crippen molar-refractivity contribution in [1.82, 2.24) is 20.3 Å². The summed E-state index contributed by atoms with van der Waals surface area (Å²) in [6.45, 7) is 4.43. The SMILES string of the molecule is CNc1cc(C)nc(Nc2ccc(OC)c(C/C=C3/CNCCN3N)c2)n1. The maximum absolute atomic E-state index is 6.05. The van der Waals surface area contributed by atoms with E-state index in [4.69, 9.17) is 10.6 Å². The van der Waals surface area contributed by atoms with Gasteiger partial charge in [-0.2, -0.15) is 4.98 Å². The number of rotatable bonds is 6. The monoisotopic (exact) mass is 369 g/mol. The van der Waals surface area contributed by atoms with E-state index in [0.29, 0.717) is 5.95 Å². The number of aryl methyl sites for hydroxylation is 1. The van der Waals surface area contributed by atoms with E-state index in [1.54, 1.807) is 12.1 Å². The zero-order chi connectivity index (χ0) is 19.2. The van der Waals surface area contributed by atoms with Gasteiger partial charge < -0.3 is 25.7 Å². The standard InChI is InChI=1S/C19H27N7O/c1-13-10-18(21-2)25-19(23-13)24-15-5-7-17(27-3)14(11-15)4-6-16-12-22-8-9-26(16)20/h5-7,10-11,22H,4,8-9,12,20H2,1-3H3,(H2,21,23,24,25)/b16-6-. The number of allylic oxidation sites excluding steroid dienone is 1. The third-order valence-electron chi connectivity index (χ3n) is 4.41. The average molecular weight is 369 g/mol. The average Bonchev–Trinajstić information content (AvgIpc) is 2.67. The summed E-state index contributed by atoms with van der Waals surface area (Å²) in [6, 6.07) is 7.85. The van der Waals surface area contributed by atoms with Crippen LogP contribution < -0.4 is 26.5 Å². The molecule has 3 rings (SSSR count). The molecule has 5 N–H and O–H groups in total. The molecule has 0 unspecified atom stereocenters. The van der Waals surface area contributed by atoms with E-state index in [9.17, 15) is 0 Å². The molecule has 1 saturated heterocycles. The van der Waals surface area contributed by atoms with Crippen LogP contribution in [0.3, 0.4) is 0 Å². The van der Waals surface area contributed by atoms with Gasteiger partial charge in [-0.3, -0.25) is 0 Å². The molecule has 27 heavy (non-hydrogen) atoms. The molecule has 2 aromatic rings. The lowest BCUT2D eigenvalue weighted by atomic mass is 10.1. The molecule has 1 aliphatic rings. The molecule has 8 heteroatoms. The Morgan fingerprint density at radius 2 is 2.19 bits per heavy atom. The van der Waals surface area contributed by atoms with Gasteiger partial charge in [-0.05, 0) is 37.1 Å². The maximum Gasteiger partial charge on any atom is 0.229 e. The first-order valence-electron chi connectivity index (χ1n) is 8.98. The van der Waals surface area contributed by atoms with Crippen LogP contribution in [0.15, 0.2) is 36.0 Å². The Morgan fingerprint density at radius 3 is 2.93 bits per heavy atom. The fourth-order valence-corrected chi connectivity index (χ4v) is 2.98. The zero-order valence-electron chi connectivity index (χ0n) is 16.0. The van der Waals surface area contributed by atoms with E-state index < -0.39 is 0 Å². The molecule has 1 aromatic heterocycles. The minimum absolute atomic E-state index is 0.554. The highest BCUT2D eigenvalue weighted by Crippen LogP contribution is 2.25. The molecule has 1 aromatic carbocycles. The summed E-state index contributed by atoms with van der Waals surface area (Å²) in [5.41, 5.74) is 3.95. The molecule has 0 atom stereocenters. The molecular formula is C19H27N7O. The molecule has 0 radical (unpaired) electrons. The number of anilines is 3. The number of benzene rings is 1. The van der Waals surface area contributed by atoms with Crippen LogP contribution in [0.5, 0.6) is 5.75 Å². The van der Waals surface area contributed by atoms with Crippen LogP contribution in [-0.2, 0) is 6.42 Å². The van der Waals surface area contributed by atoms with Gasteiger partial charge in [-0.15, -0.1) is 0 Å². The zero-order valence-corrected chi connectivity index (χ0v) is 16.0. The molecule has 2 heterocycles. The van der Waals surface area contributed by atoms with Crippen molar-refractivity contribution in [3.8, 4) is 5.75 Å². The van der Waals surface area contributed by atoms with Gasteiger partial charge in [0.15, 0.2) is 0 Å². The summed E-state index contributed by atoms with van der Waals surface area (Å²) in [4.78, 5) is 8.88. The number of hydrogen-bond acceptors (Lipinski definition) is 8. The first-order valence-corrected chi connectivity index (χ1v) is 8.98. The van der Waals surface area contributed by atoms with Crippen molar-refractivity contribution in [1.29, 1.82) is 0 Å². The summed E-state index contributed by atoms with van der Waals surface area (Å²) in [7, 11) is 3.52. The van der Waals surface area contributed by atoms with E-state index in [2.05, 4.69) is 38.1 Å². The van der Waals surface area contributed by atoms with Gasteiger partial charge in [0.1, 0.15) is 11.6 Å². The molecule has 144 valence electrons. The molecular weight excluding hydrogens is 342 g/mol. The van der Waals surface area contributed by atoms with Crippen molar-refractivity contribution in [2.24, 2.45) is 5.84 Å². The predicted molar refractivity (Wildman–Crippen MR) is 108 cm³/mol. The number of nitrogens with two attached hydrogens (primary N) is 1. The smallest absolute Gasteiger partial charge is 0.229 e. The van der Waals surface area contributed by atoms with Gasteiger partial charge in [0.25, 0.3) is 0 Å². The number of aromatic nitrogens is 2. The minimum Gasteiger partial charge on any atom is -0.496 e. The second-order valence-electron chi connectivity index (χ2n) is 6.39. The van der Waals surface area contributed by atoms with Crippen molar-refractivity contribution in [3.05, 3.63) is 47.3 Å². The Hall–Kier alpha value is -2.84. The van der Waals surface area contributed by atoms with E-state index >= 15 is 0 Å². The Balaban J connectivity index is 1.81. The molecule has 0 aliphatic carbocycles. The van der Waals surface area contributed by atoms with Crippen LogP contribution in [0.4, 0.5) is 17.5 Å². The van der Waals surface area contributed by atoms with Crippen LogP contribution in [-0.4, -0.2) is 48.8 Å². The van der Waals surface area contributed by atoms with Gasteiger partial charge in [-0.1, -0.05) is 6.08 Å². The Morgan fingerprint density at radius 1 is 1.33 bits per heavy atom. The molecule has 1 fully saturated rings. The number of nitrogens with one attached hydrogen (secondary N) is 3. The summed E-state index contributed by atoms with van der Waals surface area (Å²) >= 11 is 0. The first-order chi connectivity index (χ1) is 13.1. The van der Waals surface area contributed by atoms with Gasteiger partial charge >= 0.3 is 0 Å². The summed E-state index contributed by atoms with van der Waals surface area (Å²) in [5.74, 6) is 8.21.